The molecule has 1 amide bonds. The number of nitrogens with one attached hydrogen (secondary N) is 1. The summed E-state index contributed by atoms with van der Waals surface area (Å²) in [5.74, 6) is 1.39. The highest BCUT2D eigenvalue weighted by atomic mass is 79.9. The molecule has 0 aliphatic carbocycles. The van der Waals surface area contributed by atoms with Gasteiger partial charge in [0.1, 0.15) is 10.4 Å². The average Bonchev–Trinajstić information content (AvgIpc) is 3.00. The quantitative estimate of drug-likeness (QED) is 0.853. The molecule has 3 rings (SSSR count). The molecule has 1 aliphatic heterocycles. The SMILES string of the molecule is C[C@H](CNC(=O)[C@H](C)N1CCn2c(Br)cnc2C1)c1ccccc1. The number of imidazole rings is 1. The van der Waals surface area contributed by atoms with E-state index in [9.17, 15) is 4.79 Å². The molecule has 5 nitrogen and oxygen atoms in total. The Morgan fingerprint density at radius 2 is 2.04 bits per heavy atom. The predicted molar refractivity (Wildman–Crippen MR) is 97.7 cm³/mol. The molecule has 1 aromatic carbocycles. The first kappa shape index (κ1) is 17.2. The number of hydrogen-bond acceptors (Lipinski definition) is 3. The Morgan fingerprint density at radius 1 is 1.29 bits per heavy atom. The Labute approximate surface area is 151 Å². The third-order valence-electron chi connectivity index (χ3n) is 4.72. The van der Waals surface area contributed by atoms with Gasteiger partial charge in [0, 0.05) is 19.6 Å². The first-order valence-electron chi connectivity index (χ1n) is 8.33. The number of fused-ring (bicyclic) bond motifs is 1. The first-order chi connectivity index (χ1) is 11.6. The number of amides is 1. The van der Waals surface area contributed by atoms with Crippen molar-refractivity contribution in [3.8, 4) is 0 Å². The summed E-state index contributed by atoms with van der Waals surface area (Å²) in [6.45, 7) is 7.17. The number of rotatable bonds is 5. The van der Waals surface area contributed by atoms with Crippen LogP contribution < -0.4 is 5.32 Å². The summed E-state index contributed by atoms with van der Waals surface area (Å²) in [7, 11) is 0. The van der Waals surface area contributed by atoms with Crippen LogP contribution in [0.2, 0.25) is 0 Å². The van der Waals surface area contributed by atoms with Gasteiger partial charge in [-0.1, -0.05) is 37.3 Å². The predicted octanol–water partition coefficient (Wildman–Crippen LogP) is 2.77. The molecule has 1 N–H and O–H groups in total. The number of carbonyl (C=O) groups excluding carboxylic acids is 1. The van der Waals surface area contributed by atoms with E-state index >= 15 is 0 Å². The minimum atomic E-state index is -0.155. The second-order valence-electron chi connectivity index (χ2n) is 6.35. The molecule has 0 bridgehead atoms. The van der Waals surface area contributed by atoms with Crippen molar-refractivity contribution in [2.24, 2.45) is 0 Å². The molecular formula is C18H23BrN4O. The van der Waals surface area contributed by atoms with Crippen LogP contribution in [0.25, 0.3) is 0 Å². The lowest BCUT2D eigenvalue weighted by atomic mass is 10.0. The van der Waals surface area contributed by atoms with Gasteiger partial charge in [-0.3, -0.25) is 9.69 Å². The van der Waals surface area contributed by atoms with E-state index in [1.807, 2.05) is 31.3 Å². The Kier molecular flexibility index (Phi) is 5.36. The zero-order valence-electron chi connectivity index (χ0n) is 14.1. The number of benzene rings is 1. The van der Waals surface area contributed by atoms with Gasteiger partial charge in [0.05, 0.1) is 18.8 Å². The third kappa shape index (κ3) is 3.70. The Hall–Kier alpha value is -1.66. The summed E-state index contributed by atoms with van der Waals surface area (Å²) in [4.78, 5) is 19.1. The highest BCUT2D eigenvalue weighted by Gasteiger charge is 2.26. The summed E-state index contributed by atoms with van der Waals surface area (Å²) in [6.07, 6.45) is 1.82. The fourth-order valence-corrected chi connectivity index (χ4v) is 3.52. The van der Waals surface area contributed by atoms with E-state index in [-0.39, 0.29) is 11.9 Å². The summed E-state index contributed by atoms with van der Waals surface area (Å²) >= 11 is 3.50. The van der Waals surface area contributed by atoms with Gasteiger partial charge >= 0.3 is 0 Å². The molecule has 0 fully saturated rings. The van der Waals surface area contributed by atoms with Crippen LogP contribution in [0.15, 0.2) is 41.1 Å². The minimum absolute atomic E-state index is 0.0804. The Balaban J connectivity index is 1.54. The fraction of sp³-hybridized carbons (Fsp3) is 0.444. The Bertz CT molecular complexity index is 700. The van der Waals surface area contributed by atoms with Crippen LogP contribution >= 0.6 is 15.9 Å². The molecule has 0 radical (unpaired) electrons. The first-order valence-corrected chi connectivity index (χ1v) is 9.12. The van der Waals surface area contributed by atoms with E-state index in [1.165, 1.54) is 5.56 Å². The van der Waals surface area contributed by atoms with E-state index in [0.717, 1.165) is 23.5 Å². The molecule has 2 atom stereocenters. The van der Waals surface area contributed by atoms with Gasteiger partial charge in [0.15, 0.2) is 0 Å². The van der Waals surface area contributed by atoms with Gasteiger partial charge in [-0.2, -0.15) is 0 Å². The van der Waals surface area contributed by atoms with Gasteiger partial charge in [0.2, 0.25) is 5.91 Å². The Morgan fingerprint density at radius 3 is 2.79 bits per heavy atom. The van der Waals surface area contributed by atoms with Crippen molar-refractivity contribution >= 4 is 21.8 Å². The fourth-order valence-electron chi connectivity index (χ4n) is 3.04. The van der Waals surface area contributed by atoms with Gasteiger partial charge in [-0.05, 0) is 34.3 Å². The van der Waals surface area contributed by atoms with Crippen LogP contribution in [0.4, 0.5) is 0 Å². The molecule has 2 heterocycles. The van der Waals surface area contributed by atoms with Crippen LogP contribution in [-0.2, 0) is 17.9 Å². The lowest BCUT2D eigenvalue weighted by Crippen LogP contribution is -2.48. The highest BCUT2D eigenvalue weighted by Crippen LogP contribution is 2.20. The molecule has 0 unspecified atom stereocenters. The minimum Gasteiger partial charge on any atom is -0.354 e. The highest BCUT2D eigenvalue weighted by molar-refractivity contribution is 9.10. The number of hydrogen-bond donors (Lipinski definition) is 1. The van der Waals surface area contributed by atoms with Crippen molar-refractivity contribution in [2.45, 2.75) is 38.9 Å². The normalized spacial score (nSPS) is 17.1. The molecule has 1 aromatic heterocycles. The zero-order valence-corrected chi connectivity index (χ0v) is 15.7. The van der Waals surface area contributed by atoms with Crippen molar-refractivity contribution in [3.05, 3.63) is 52.5 Å². The van der Waals surface area contributed by atoms with Crippen molar-refractivity contribution in [2.75, 3.05) is 13.1 Å². The maximum absolute atomic E-state index is 12.5. The van der Waals surface area contributed by atoms with Crippen LogP contribution in [-0.4, -0.2) is 39.5 Å². The van der Waals surface area contributed by atoms with Gasteiger partial charge < -0.3 is 9.88 Å². The van der Waals surface area contributed by atoms with E-state index < -0.39 is 0 Å². The molecule has 0 saturated carbocycles. The number of halogens is 1. The standard InChI is InChI=1S/C18H23BrN4O/c1-13(15-6-4-3-5-7-15)10-21-18(24)14(2)22-8-9-23-16(19)11-20-17(23)12-22/h3-7,11,13-14H,8-10,12H2,1-2H3,(H,21,24)/t13-,14+/m1/s1. The average molecular weight is 391 g/mol. The molecule has 128 valence electrons. The van der Waals surface area contributed by atoms with Crippen molar-refractivity contribution in [1.82, 2.24) is 19.8 Å². The summed E-state index contributed by atoms with van der Waals surface area (Å²) in [5.41, 5.74) is 1.25. The number of carbonyl (C=O) groups is 1. The molecule has 0 saturated heterocycles. The van der Waals surface area contributed by atoms with E-state index in [1.54, 1.807) is 0 Å². The molecule has 6 heteroatoms. The summed E-state index contributed by atoms with van der Waals surface area (Å²) in [6, 6.07) is 10.1. The van der Waals surface area contributed by atoms with Crippen LogP contribution in [0.1, 0.15) is 31.2 Å². The van der Waals surface area contributed by atoms with Crippen LogP contribution in [0, 0.1) is 0 Å². The zero-order chi connectivity index (χ0) is 17.1. The largest absolute Gasteiger partial charge is 0.354 e. The van der Waals surface area contributed by atoms with Crippen LogP contribution in [0.3, 0.4) is 0 Å². The van der Waals surface area contributed by atoms with E-state index in [2.05, 4.69) is 54.8 Å². The summed E-state index contributed by atoms with van der Waals surface area (Å²) < 4.78 is 3.16. The smallest absolute Gasteiger partial charge is 0.237 e. The maximum Gasteiger partial charge on any atom is 0.237 e. The van der Waals surface area contributed by atoms with Gasteiger partial charge in [-0.25, -0.2) is 4.98 Å². The van der Waals surface area contributed by atoms with E-state index in [4.69, 9.17) is 0 Å². The van der Waals surface area contributed by atoms with Crippen LogP contribution in [0.5, 0.6) is 0 Å². The molecule has 2 aromatic rings. The maximum atomic E-state index is 12.5. The number of nitrogens with zero attached hydrogens (tertiary/aromatic N) is 3. The molecular weight excluding hydrogens is 368 g/mol. The summed E-state index contributed by atoms with van der Waals surface area (Å²) in [5, 5.41) is 3.09. The lowest BCUT2D eigenvalue weighted by Gasteiger charge is -2.32. The second kappa shape index (κ2) is 7.49. The second-order valence-corrected chi connectivity index (χ2v) is 7.16. The monoisotopic (exact) mass is 390 g/mol. The third-order valence-corrected chi connectivity index (χ3v) is 5.36. The topological polar surface area (TPSA) is 50.2 Å². The van der Waals surface area contributed by atoms with Gasteiger partial charge in [0.25, 0.3) is 0 Å². The van der Waals surface area contributed by atoms with E-state index in [0.29, 0.717) is 19.0 Å². The molecule has 1 aliphatic rings. The number of aromatic nitrogens is 2. The molecule has 0 spiro atoms. The molecule has 24 heavy (non-hydrogen) atoms. The van der Waals surface area contributed by atoms with Crippen molar-refractivity contribution in [3.63, 3.8) is 0 Å². The lowest BCUT2D eigenvalue weighted by molar-refractivity contribution is -0.126. The van der Waals surface area contributed by atoms with Crippen molar-refractivity contribution in [1.29, 1.82) is 0 Å². The van der Waals surface area contributed by atoms with Gasteiger partial charge in [-0.15, -0.1) is 0 Å². The van der Waals surface area contributed by atoms with Crippen molar-refractivity contribution < 1.29 is 4.79 Å².